The molecule has 2 aromatic rings. The van der Waals surface area contributed by atoms with Crippen LogP contribution in [0.2, 0.25) is 0 Å². The fraction of sp³-hybridized carbons (Fsp3) is 0.412. The Labute approximate surface area is 115 Å². The van der Waals surface area contributed by atoms with Gasteiger partial charge in [-0.1, -0.05) is 37.6 Å². The van der Waals surface area contributed by atoms with Gasteiger partial charge in [0.05, 0.1) is 0 Å². The van der Waals surface area contributed by atoms with Crippen molar-refractivity contribution < 1.29 is 4.42 Å². The Balaban J connectivity index is 2.09. The molecule has 2 heteroatoms. The Kier molecular flexibility index (Phi) is 4.80. The molecule has 1 N–H and O–H groups in total. The summed E-state index contributed by atoms with van der Waals surface area (Å²) in [4.78, 5) is 0. The molecule has 0 saturated heterocycles. The zero-order chi connectivity index (χ0) is 13.7. The van der Waals surface area contributed by atoms with Crippen LogP contribution in [0.3, 0.4) is 0 Å². The first-order valence-corrected chi connectivity index (χ1v) is 7.08. The van der Waals surface area contributed by atoms with Gasteiger partial charge in [-0.25, -0.2) is 0 Å². The van der Waals surface area contributed by atoms with E-state index in [1.807, 2.05) is 7.05 Å². The fourth-order valence-electron chi connectivity index (χ4n) is 2.17. The maximum absolute atomic E-state index is 5.90. The van der Waals surface area contributed by atoms with Crippen LogP contribution in [-0.4, -0.2) is 13.1 Å². The zero-order valence-corrected chi connectivity index (χ0v) is 12.1. The molecule has 1 heterocycles. The lowest BCUT2D eigenvalue weighted by molar-refractivity contribution is 0.481. The molecule has 1 aromatic carbocycles. The predicted molar refractivity (Wildman–Crippen MR) is 80.4 cm³/mol. The van der Waals surface area contributed by atoms with Crippen molar-refractivity contribution in [2.45, 2.75) is 39.2 Å². The summed E-state index contributed by atoms with van der Waals surface area (Å²) in [5, 5.41) is 3.22. The van der Waals surface area contributed by atoms with Gasteiger partial charge in [0.2, 0.25) is 0 Å². The molecule has 102 valence electrons. The van der Waals surface area contributed by atoms with E-state index in [-0.39, 0.29) is 0 Å². The first-order valence-electron chi connectivity index (χ1n) is 7.08. The highest BCUT2D eigenvalue weighted by Crippen LogP contribution is 2.23. The summed E-state index contributed by atoms with van der Waals surface area (Å²) in [5.41, 5.74) is 2.55. The van der Waals surface area contributed by atoms with Gasteiger partial charge in [0, 0.05) is 18.0 Å². The third kappa shape index (κ3) is 3.71. The Morgan fingerprint density at radius 3 is 2.47 bits per heavy atom. The number of benzene rings is 1. The maximum atomic E-state index is 5.90. The van der Waals surface area contributed by atoms with E-state index in [1.54, 1.807) is 0 Å². The second-order valence-electron chi connectivity index (χ2n) is 5.11. The Hall–Kier alpha value is -1.54. The van der Waals surface area contributed by atoms with Crippen LogP contribution < -0.4 is 5.32 Å². The molecule has 0 bridgehead atoms. The summed E-state index contributed by atoms with van der Waals surface area (Å²) in [6.45, 7) is 4.36. The van der Waals surface area contributed by atoms with Crippen molar-refractivity contribution >= 4 is 0 Å². The molecule has 2 rings (SSSR count). The van der Waals surface area contributed by atoms with E-state index in [1.165, 1.54) is 12.0 Å². The molecular weight excluding hydrogens is 234 g/mol. The highest BCUT2D eigenvalue weighted by atomic mass is 16.3. The minimum absolute atomic E-state index is 0.436. The smallest absolute Gasteiger partial charge is 0.134 e. The lowest BCUT2D eigenvalue weighted by Gasteiger charge is -2.06. The largest absolute Gasteiger partial charge is 0.461 e. The highest BCUT2D eigenvalue weighted by molar-refractivity contribution is 5.58. The number of nitrogens with one attached hydrogen (secondary N) is 1. The summed E-state index contributed by atoms with van der Waals surface area (Å²) in [6, 6.07) is 13.2. The second kappa shape index (κ2) is 6.58. The van der Waals surface area contributed by atoms with Crippen LogP contribution in [0.25, 0.3) is 11.3 Å². The van der Waals surface area contributed by atoms with Crippen LogP contribution in [0, 0.1) is 0 Å². The van der Waals surface area contributed by atoms with Crippen molar-refractivity contribution in [3.8, 4) is 11.3 Å². The molecule has 2 nitrogen and oxygen atoms in total. The predicted octanol–water partition coefficient (Wildman–Crippen LogP) is 4.05. The standard InChI is InChI=1S/C17H23NO/c1-4-5-14-6-8-15(9-7-14)17-11-10-16(19-17)12-13(2)18-3/h6-11,13,18H,4-5,12H2,1-3H3. The minimum Gasteiger partial charge on any atom is -0.461 e. The van der Waals surface area contributed by atoms with Gasteiger partial charge >= 0.3 is 0 Å². The van der Waals surface area contributed by atoms with Crippen molar-refractivity contribution in [1.82, 2.24) is 5.32 Å². The molecule has 0 aliphatic heterocycles. The monoisotopic (exact) mass is 257 g/mol. The second-order valence-corrected chi connectivity index (χ2v) is 5.11. The van der Waals surface area contributed by atoms with Crippen LogP contribution in [-0.2, 0) is 12.8 Å². The van der Waals surface area contributed by atoms with Gasteiger partial charge in [-0.05, 0) is 38.1 Å². The molecule has 1 aromatic heterocycles. The van der Waals surface area contributed by atoms with E-state index in [0.717, 1.165) is 29.9 Å². The molecule has 0 radical (unpaired) electrons. The Bertz CT molecular complexity index is 498. The number of aryl methyl sites for hydroxylation is 1. The molecule has 1 atom stereocenters. The normalized spacial score (nSPS) is 12.6. The van der Waals surface area contributed by atoms with Gasteiger partial charge in [0.15, 0.2) is 0 Å². The van der Waals surface area contributed by atoms with Crippen LogP contribution >= 0.6 is 0 Å². The number of likely N-dealkylation sites (N-methyl/N-ethyl adjacent to an activating group) is 1. The third-order valence-electron chi connectivity index (χ3n) is 3.44. The quantitative estimate of drug-likeness (QED) is 0.844. The van der Waals surface area contributed by atoms with Gasteiger partial charge in [0.25, 0.3) is 0 Å². The SMILES string of the molecule is CCCc1ccc(-c2ccc(CC(C)NC)o2)cc1. The number of furan rings is 1. The van der Waals surface area contributed by atoms with E-state index in [4.69, 9.17) is 4.42 Å². The van der Waals surface area contributed by atoms with Crippen LogP contribution in [0.4, 0.5) is 0 Å². The molecule has 0 fully saturated rings. The Morgan fingerprint density at radius 2 is 1.84 bits per heavy atom. The lowest BCUT2D eigenvalue weighted by Crippen LogP contribution is -2.23. The summed E-state index contributed by atoms with van der Waals surface area (Å²) in [7, 11) is 1.97. The van der Waals surface area contributed by atoms with E-state index >= 15 is 0 Å². The number of hydrogen-bond donors (Lipinski definition) is 1. The molecular formula is C17H23NO. The zero-order valence-electron chi connectivity index (χ0n) is 12.1. The van der Waals surface area contributed by atoms with Crippen molar-refractivity contribution in [3.05, 3.63) is 47.7 Å². The van der Waals surface area contributed by atoms with Crippen molar-refractivity contribution in [2.75, 3.05) is 7.05 Å². The summed E-state index contributed by atoms with van der Waals surface area (Å²) >= 11 is 0. The van der Waals surface area contributed by atoms with Gasteiger partial charge in [-0.3, -0.25) is 0 Å². The Morgan fingerprint density at radius 1 is 1.11 bits per heavy atom. The van der Waals surface area contributed by atoms with Gasteiger partial charge in [-0.2, -0.15) is 0 Å². The van der Waals surface area contributed by atoms with Crippen molar-refractivity contribution in [1.29, 1.82) is 0 Å². The minimum atomic E-state index is 0.436. The van der Waals surface area contributed by atoms with Gasteiger partial charge in [-0.15, -0.1) is 0 Å². The maximum Gasteiger partial charge on any atom is 0.134 e. The lowest BCUT2D eigenvalue weighted by atomic mass is 10.1. The molecule has 19 heavy (non-hydrogen) atoms. The first kappa shape index (κ1) is 13.9. The summed E-state index contributed by atoms with van der Waals surface area (Å²) in [6.07, 6.45) is 3.25. The van der Waals surface area contributed by atoms with E-state index in [2.05, 4.69) is 55.6 Å². The third-order valence-corrected chi connectivity index (χ3v) is 3.44. The van der Waals surface area contributed by atoms with Crippen molar-refractivity contribution in [2.24, 2.45) is 0 Å². The van der Waals surface area contributed by atoms with Crippen LogP contribution in [0.15, 0.2) is 40.8 Å². The number of rotatable bonds is 6. The van der Waals surface area contributed by atoms with E-state index in [9.17, 15) is 0 Å². The molecule has 0 saturated carbocycles. The average Bonchev–Trinajstić information content (AvgIpc) is 2.88. The molecule has 0 aliphatic rings. The summed E-state index contributed by atoms with van der Waals surface area (Å²) in [5.74, 6) is 2.00. The van der Waals surface area contributed by atoms with E-state index < -0.39 is 0 Å². The van der Waals surface area contributed by atoms with Crippen LogP contribution in [0.5, 0.6) is 0 Å². The van der Waals surface area contributed by atoms with E-state index in [0.29, 0.717) is 6.04 Å². The van der Waals surface area contributed by atoms with Crippen LogP contribution in [0.1, 0.15) is 31.6 Å². The number of hydrogen-bond acceptors (Lipinski definition) is 2. The summed E-state index contributed by atoms with van der Waals surface area (Å²) < 4.78 is 5.90. The molecule has 0 aliphatic carbocycles. The topological polar surface area (TPSA) is 25.2 Å². The first-order chi connectivity index (χ1) is 9.22. The molecule has 1 unspecified atom stereocenters. The fourth-order valence-corrected chi connectivity index (χ4v) is 2.17. The molecule has 0 spiro atoms. The van der Waals surface area contributed by atoms with Gasteiger partial charge in [0.1, 0.15) is 11.5 Å². The molecule has 0 amide bonds. The highest BCUT2D eigenvalue weighted by Gasteiger charge is 2.07. The average molecular weight is 257 g/mol. The van der Waals surface area contributed by atoms with Gasteiger partial charge < -0.3 is 9.73 Å². The van der Waals surface area contributed by atoms with Crippen molar-refractivity contribution in [3.63, 3.8) is 0 Å².